The number of aromatic nitrogens is 2. The van der Waals surface area contributed by atoms with Gasteiger partial charge in [-0.15, -0.1) is 0 Å². The van der Waals surface area contributed by atoms with Gasteiger partial charge in [-0.05, 0) is 72.2 Å². The predicted octanol–water partition coefficient (Wildman–Crippen LogP) is 6.50. The van der Waals surface area contributed by atoms with Crippen molar-refractivity contribution >= 4 is 51.1 Å². The Bertz CT molecular complexity index is 1020. The van der Waals surface area contributed by atoms with Gasteiger partial charge >= 0.3 is 11.8 Å². The molecular weight excluding hydrogens is 621 g/mol. The van der Waals surface area contributed by atoms with Crippen LogP contribution in [-0.4, -0.2) is 57.2 Å². The zero-order chi connectivity index (χ0) is 28.6. The van der Waals surface area contributed by atoms with Crippen molar-refractivity contribution in [2.45, 2.75) is 123 Å². The number of amides is 1. The molecule has 1 aromatic heterocycles. The van der Waals surface area contributed by atoms with Crippen LogP contribution in [0.4, 0.5) is 10.6 Å². The van der Waals surface area contributed by atoms with Gasteiger partial charge in [0.1, 0.15) is 12.2 Å². The molecule has 0 aliphatic carbocycles. The SMILES string of the molecule is CCCOC(=O)Nc1nc(=O)n([C@@H]2O[C@H](C)[C@@H](O[Si](C)(C)C(C)(C)C)[C@H]2O[Si](C)(C)C(C)(C)C)cc1I. The summed E-state index contributed by atoms with van der Waals surface area (Å²) >= 11 is 2.05. The lowest BCUT2D eigenvalue weighted by atomic mass is 10.1. The highest BCUT2D eigenvalue weighted by atomic mass is 127. The first-order chi connectivity index (χ1) is 16.7. The van der Waals surface area contributed by atoms with Crippen LogP contribution in [0, 0.1) is 3.57 Å². The molecule has 1 aromatic rings. The molecule has 1 aliphatic heterocycles. The summed E-state index contributed by atoms with van der Waals surface area (Å²) in [6.45, 7) is 26.1. The first-order valence-electron chi connectivity index (χ1n) is 13.0. The minimum atomic E-state index is -2.27. The third-order valence-corrected chi connectivity index (χ3v) is 17.5. The molecule has 1 fully saturated rings. The van der Waals surface area contributed by atoms with E-state index in [2.05, 4.69) is 78.0 Å². The molecule has 2 heterocycles. The molecule has 4 atom stereocenters. The van der Waals surface area contributed by atoms with E-state index in [1.807, 2.05) is 36.4 Å². The lowest BCUT2D eigenvalue weighted by molar-refractivity contribution is -0.0311. The number of carbonyl (C=O) groups is 1. The number of ether oxygens (including phenoxy) is 2. The summed E-state index contributed by atoms with van der Waals surface area (Å²) in [6, 6.07) is 0. The van der Waals surface area contributed by atoms with E-state index in [1.165, 1.54) is 4.57 Å². The number of anilines is 1. The van der Waals surface area contributed by atoms with Crippen LogP contribution in [-0.2, 0) is 18.3 Å². The van der Waals surface area contributed by atoms with Crippen LogP contribution in [0.1, 0.15) is 68.0 Å². The van der Waals surface area contributed by atoms with Crippen molar-refractivity contribution in [3.63, 3.8) is 0 Å². The maximum atomic E-state index is 13.2. The van der Waals surface area contributed by atoms with E-state index in [0.29, 0.717) is 9.99 Å². The molecule has 0 bridgehead atoms. The number of hydrogen-bond acceptors (Lipinski definition) is 7. The van der Waals surface area contributed by atoms with Crippen molar-refractivity contribution in [1.29, 1.82) is 0 Å². The summed E-state index contributed by atoms with van der Waals surface area (Å²) < 4.78 is 27.3. The summed E-state index contributed by atoms with van der Waals surface area (Å²) in [5.74, 6) is 0.157. The number of carbonyl (C=O) groups excluding carboxylic acids is 1. The summed E-state index contributed by atoms with van der Waals surface area (Å²) in [4.78, 5) is 29.4. The van der Waals surface area contributed by atoms with Crippen LogP contribution in [0.25, 0.3) is 0 Å². The fraction of sp³-hybridized carbons (Fsp3) is 0.800. The first-order valence-corrected chi connectivity index (χ1v) is 19.8. The quantitative estimate of drug-likeness (QED) is 0.250. The van der Waals surface area contributed by atoms with Gasteiger partial charge in [0.2, 0.25) is 0 Å². The van der Waals surface area contributed by atoms with Gasteiger partial charge in [0.15, 0.2) is 28.7 Å². The summed E-state index contributed by atoms with van der Waals surface area (Å²) in [6.07, 6.45) is -0.130. The summed E-state index contributed by atoms with van der Waals surface area (Å²) in [5, 5.41) is 2.51. The van der Waals surface area contributed by atoms with Crippen LogP contribution >= 0.6 is 22.6 Å². The summed E-state index contributed by atoms with van der Waals surface area (Å²) in [5.41, 5.74) is -0.541. The van der Waals surface area contributed by atoms with Crippen LogP contribution < -0.4 is 11.0 Å². The van der Waals surface area contributed by atoms with Gasteiger partial charge in [0, 0.05) is 6.20 Å². The highest BCUT2D eigenvalue weighted by Crippen LogP contribution is 2.45. The Morgan fingerprint density at radius 3 is 2.08 bits per heavy atom. The van der Waals surface area contributed by atoms with E-state index in [0.717, 1.165) is 0 Å². The molecule has 9 nitrogen and oxygen atoms in total. The van der Waals surface area contributed by atoms with E-state index in [4.69, 9.17) is 18.3 Å². The van der Waals surface area contributed by atoms with E-state index < -0.39 is 40.7 Å². The molecule has 1 saturated heterocycles. The minimum absolute atomic E-state index is 0.000195. The van der Waals surface area contributed by atoms with E-state index in [1.54, 1.807) is 6.20 Å². The Balaban J connectivity index is 2.51. The minimum Gasteiger partial charge on any atom is -0.449 e. The molecule has 0 spiro atoms. The zero-order valence-corrected chi connectivity index (χ0v) is 28.7. The smallest absolute Gasteiger partial charge is 0.412 e. The molecule has 37 heavy (non-hydrogen) atoms. The standard InChI is InChI=1S/C25H46IN3O6Si2/c1-13-14-32-23(31)28-20-17(26)15-29(22(30)27-20)21-19(35-37(11,12)25(6,7)8)18(16(2)33-21)34-36(9,10)24(3,4)5/h15-16,18-19,21H,13-14H2,1-12H3,(H,27,28,30,31)/t16-,18-,19-,21-/m1/s1. The molecular formula is C25H46IN3O6Si2. The highest BCUT2D eigenvalue weighted by molar-refractivity contribution is 14.1. The van der Waals surface area contributed by atoms with Crippen LogP contribution in [0.15, 0.2) is 11.0 Å². The van der Waals surface area contributed by atoms with Crippen molar-refractivity contribution in [2.75, 3.05) is 11.9 Å². The van der Waals surface area contributed by atoms with Gasteiger partial charge in [-0.1, -0.05) is 48.5 Å². The second-order valence-electron chi connectivity index (χ2n) is 12.8. The Morgan fingerprint density at radius 2 is 1.59 bits per heavy atom. The fourth-order valence-electron chi connectivity index (χ4n) is 3.39. The second kappa shape index (κ2) is 11.7. The maximum Gasteiger partial charge on any atom is 0.412 e. The van der Waals surface area contributed by atoms with Gasteiger partial charge in [-0.3, -0.25) is 9.88 Å². The van der Waals surface area contributed by atoms with Crippen molar-refractivity contribution in [3.05, 3.63) is 20.3 Å². The number of nitrogens with zero attached hydrogens (tertiary/aromatic N) is 2. The molecule has 1 N–H and O–H groups in total. The zero-order valence-electron chi connectivity index (χ0n) is 24.5. The Hall–Kier alpha value is -0.806. The van der Waals surface area contributed by atoms with Crippen LogP contribution in [0.3, 0.4) is 0 Å². The Labute approximate surface area is 237 Å². The molecule has 0 aromatic carbocycles. The van der Waals surface area contributed by atoms with E-state index in [9.17, 15) is 9.59 Å². The number of hydrogen-bond donors (Lipinski definition) is 1. The molecule has 0 radical (unpaired) electrons. The van der Waals surface area contributed by atoms with Gasteiger partial charge in [-0.25, -0.2) is 9.59 Å². The van der Waals surface area contributed by atoms with Gasteiger partial charge in [-0.2, -0.15) is 4.98 Å². The first kappa shape index (κ1) is 32.4. The average molecular weight is 668 g/mol. The van der Waals surface area contributed by atoms with Crippen molar-refractivity contribution < 1.29 is 23.1 Å². The maximum absolute atomic E-state index is 13.2. The molecule has 12 heteroatoms. The Morgan fingerprint density at radius 1 is 1.08 bits per heavy atom. The van der Waals surface area contributed by atoms with E-state index in [-0.39, 0.29) is 34.7 Å². The molecule has 0 saturated carbocycles. The lowest BCUT2D eigenvalue weighted by Crippen LogP contribution is -2.53. The fourth-order valence-corrected chi connectivity index (χ4v) is 6.59. The van der Waals surface area contributed by atoms with Crippen molar-refractivity contribution in [3.8, 4) is 0 Å². The van der Waals surface area contributed by atoms with Gasteiger partial charge in [0.25, 0.3) is 0 Å². The molecule has 2 rings (SSSR count). The largest absolute Gasteiger partial charge is 0.449 e. The monoisotopic (exact) mass is 667 g/mol. The summed E-state index contributed by atoms with van der Waals surface area (Å²) in [7, 11) is -4.45. The highest BCUT2D eigenvalue weighted by Gasteiger charge is 2.53. The second-order valence-corrected chi connectivity index (χ2v) is 23.5. The normalized spacial score (nSPS) is 23.3. The third kappa shape index (κ3) is 7.65. The third-order valence-electron chi connectivity index (χ3n) is 7.73. The van der Waals surface area contributed by atoms with Crippen molar-refractivity contribution in [1.82, 2.24) is 9.55 Å². The number of nitrogens with one attached hydrogen (secondary N) is 1. The topological polar surface area (TPSA) is 101 Å². The molecule has 212 valence electrons. The Kier molecular flexibility index (Phi) is 10.3. The van der Waals surface area contributed by atoms with Crippen LogP contribution in [0.2, 0.25) is 36.3 Å². The van der Waals surface area contributed by atoms with Gasteiger partial charge < -0.3 is 18.3 Å². The molecule has 0 unspecified atom stereocenters. The lowest BCUT2D eigenvalue weighted by Gasteiger charge is -2.44. The van der Waals surface area contributed by atoms with Crippen molar-refractivity contribution in [2.24, 2.45) is 0 Å². The predicted molar refractivity (Wildman–Crippen MR) is 160 cm³/mol. The van der Waals surface area contributed by atoms with E-state index >= 15 is 0 Å². The molecule has 1 amide bonds. The van der Waals surface area contributed by atoms with Gasteiger partial charge in [0.05, 0.1) is 16.3 Å². The number of rotatable bonds is 8. The molecule has 1 aliphatic rings. The van der Waals surface area contributed by atoms with Crippen LogP contribution in [0.5, 0.6) is 0 Å². The average Bonchev–Trinajstić information content (AvgIpc) is 3.01. The number of halogens is 1.